The summed E-state index contributed by atoms with van der Waals surface area (Å²) in [6.07, 6.45) is 2.43. The average molecular weight is 262 g/mol. The number of halogens is 1. The molecule has 2 unspecified atom stereocenters. The van der Waals surface area contributed by atoms with Crippen molar-refractivity contribution in [1.29, 1.82) is 0 Å². The van der Waals surface area contributed by atoms with Crippen molar-refractivity contribution >= 4 is 5.69 Å². The number of rotatable bonds is 4. The Hall–Kier alpha value is -1.35. The summed E-state index contributed by atoms with van der Waals surface area (Å²) in [6, 6.07) is 7.10. The van der Waals surface area contributed by atoms with E-state index in [0.29, 0.717) is 12.0 Å². The maximum atomic E-state index is 13.4. The number of nitrogens with zero attached hydrogens (tertiary/aromatic N) is 1. The summed E-state index contributed by atoms with van der Waals surface area (Å²) in [5, 5.41) is 3.44. The van der Waals surface area contributed by atoms with Crippen LogP contribution in [0, 0.1) is 11.7 Å². The molecule has 2 atom stereocenters. The van der Waals surface area contributed by atoms with Crippen LogP contribution in [0.5, 0.6) is 0 Å². The highest BCUT2D eigenvalue weighted by atomic mass is 19.1. The summed E-state index contributed by atoms with van der Waals surface area (Å²) < 4.78 is 13.4. The lowest BCUT2D eigenvalue weighted by Crippen LogP contribution is -2.44. The maximum absolute atomic E-state index is 13.4. The van der Waals surface area contributed by atoms with E-state index in [1.54, 1.807) is 12.1 Å². The Morgan fingerprint density at radius 1 is 1.53 bits per heavy atom. The molecule has 1 fully saturated rings. The second kappa shape index (κ2) is 6.20. The summed E-state index contributed by atoms with van der Waals surface area (Å²) in [5.41, 5.74) is 1.86. The van der Waals surface area contributed by atoms with E-state index in [-0.39, 0.29) is 5.82 Å². The molecule has 1 heterocycles. The fourth-order valence-electron chi connectivity index (χ4n) is 2.93. The van der Waals surface area contributed by atoms with Crippen molar-refractivity contribution in [1.82, 2.24) is 5.32 Å². The van der Waals surface area contributed by atoms with Crippen molar-refractivity contribution in [3.8, 4) is 0 Å². The van der Waals surface area contributed by atoms with Gasteiger partial charge in [0, 0.05) is 17.4 Å². The van der Waals surface area contributed by atoms with Crippen molar-refractivity contribution in [3.05, 3.63) is 42.4 Å². The molecule has 1 saturated heterocycles. The van der Waals surface area contributed by atoms with Crippen LogP contribution in [-0.4, -0.2) is 19.1 Å². The smallest absolute Gasteiger partial charge is 0.125 e. The van der Waals surface area contributed by atoms with E-state index >= 15 is 0 Å². The highest BCUT2D eigenvalue weighted by Crippen LogP contribution is 2.28. The maximum Gasteiger partial charge on any atom is 0.125 e. The number of nitrogens with one attached hydrogen (secondary N) is 1. The molecule has 1 aromatic carbocycles. The summed E-state index contributed by atoms with van der Waals surface area (Å²) in [6.45, 7) is 10.4. The third-order valence-corrected chi connectivity index (χ3v) is 3.92. The van der Waals surface area contributed by atoms with Crippen LogP contribution >= 0.6 is 0 Å². The molecule has 3 heteroatoms. The van der Waals surface area contributed by atoms with Crippen LogP contribution in [0.2, 0.25) is 0 Å². The molecule has 1 N–H and O–H groups in total. The predicted molar refractivity (Wildman–Crippen MR) is 78.7 cm³/mol. The van der Waals surface area contributed by atoms with E-state index in [9.17, 15) is 4.39 Å². The largest absolute Gasteiger partial charge is 0.343 e. The van der Waals surface area contributed by atoms with E-state index in [1.165, 1.54) is 18.9 Å². The molecule has 2 rings (SSSR count). The van der Waals surface area contributed by atoms with Gasteiger partial charge in [-0.15, -0.1) is 0 Å². The van der Waals surface area contributed by atoms with Crippen LogP contribution in [0.4, 0.5) is 10.1 Å². The highest BCUT2D eigenvalue weighted by Gasteiger charge is 2.26. The van der Waals surface area contributed by atoms with Gasteiger partial charge in [0.05, 0.1) is 0 Å². The monoisotopic (exact) mass is 262 g/mol. The van der Waals surface area contributed by atoms with Crippen LogP contribution in [0.15, 0.2) is 36.5 Å². The van der Waals surface area contributed by atoms with Gasteiger partial charge in [0.25, 0.3) is 0 Å². The topological polar surface area (TPSA) is 15.3 Å². The first kappa shape index (κ1) is 14.1. The molecule has 0 spiro atoms. The van der Waals surface area contributed by atoms with Gasteiger partial charge in [-0.1, -0.05) is 12.6 Å². The number of allylic oxidation sites excluding steroid dienone is 1. The molecule has 1 aliphatic heterocycles. The number of hydrogen-bond donors (Lipinski definition) is 1. The lowest BCUT2D eigenvalue weighted by atomic mass is 9.91. The van der Waals surface area contributed by atoms with E-state index < -0.39 is 0 Å². The molecular weight excluding hydrogens is 239 g/mol. The molecule has 19 heavy (non-hydrogen) atoms. The van der Waals surface area contributed by atoms with Crippen LogP contribution < -0.4 is 10.2 Å². The van der Waals surface area contributed by atoms with Gasteiger partial charge in [-0.3, -0.25) is 0 Å². The number of anilines is 1. The van der Waals surface area contributed by atoms with Crippen LogP contribution in [0.25, 0.3) is 0 Å². The molecular formula is C16H23FN2. The number of piperidine rings is 1. The second-order valence-electron chi connectivity index (χ2n) is 5.43. The molecule has 1 aliphatic rings. The van der Waals surface area contributed by atoms with E-state index in [1.807, 2.05) is 13.0 Å². The number of benzene rings is 1. The minimum atomic E-state index is -0.197. The van der Waals surface area contributed by atoms with Crippen molar-refractivity contribution < 1.29 is 4.39 Å². The Labute approximate surface area is 115 Å². The molecule has 0 saturated carbocycles. The normalized spacial score (nSPS) is 20.9. The SMILES string of the molecule is C=C(C)N(c1cccc(F)c1)C(C)C1CCCNC1. The zero-order chi connectivity index (χ0) is 13.8. The second-order valence-corrected chi connectivity index (χ2v) is 5.43. The van der Waals surface area contributed by atoms with Gasteiger partial charge in [0.1, 0.15) is 5.82 Å². The number of hydrogen-bond acceptors (Lipinski definition) is 2. The molecule has 2 nitrogen and oxygen atoms in total. The zero-order valence-electron chi connectivity index (χ0n) is 11.8. The fraction of sp³-hybridized carbons (Fsp3) is 0.500. The van der Waals surface area contributed by atoms with Crippen molar-refractivity contribution in [2.24, 2.45) is 5.92 Å². The lowest BCUT2D eigenvalue weighted by molar-refractivity contribution is 0.329. The highest BCUT2D eigenvalue weighted by molar-refractivity contribution is 5.52. The molecule has 104 valence electrons. The van der Waals surface area contributed by atoms with Gasteiger partial charge >= 0.3 is 0 Å². The standard InChI is InChI=1S/C16H23FN2/c1-12(2)19(16-8-4-7-15(17)10-16)13(3)14-6-5-9-18-11-14/h4,7-8,10,13-14,18H,1,5-6,9,11H2,2-3H3. The Morgan fingerprint density at radius 2 is 2.32 bits per heavy atom. The summed E-state index contributed by atoms with van der Waals surface area (Å²) in [5.74, 6) is 0.381. The van der Waals surface area contributed by atoms with Gasteiger partial charge in [-0.2, -0.15) is 0 Å². The Morgan fingerprint density at radius 3 is 2.89 bits per heavy atom. The van der Waals surface area contributed by atoms with Gasteiger partial charge in [0.2, 0.25) is 0 Å². The minimum Gasteiger partial charge on any atom is -0.343 e. The predicted octanol–water partition coefficient (Wildman–Crippen LogP) is 3.55. The summed E-state index contributed by atoms with van der Waals surface area (Å²) >= 11 is 0. The lowest BCUT2D eigenvalue weighted by Gasteiger charge is -2.38. The third-order valence-electron chi connectivity index (χ3n) is 3.92. The average Bonchev–Trinajstić information content (AvgIpc) is 2.39. The Kier molecular flexibility index (Phi) is 4.59. The molecule has 0 bridgehead atoms. The quantitative estimate of drug-likeness (QED) is 0.892. The van der Waals surface area contributed by atoms with Gasteiger partial charge < -0.3 is 10.2 Å². The summed E-state index contributed by atoms with van der Waals surface area (Å²) in [7, 11) is 0. The molecule has 0 aromatic heterocycles. The van der Waals surface area contributed by atoms with Crippen LogP contribution in [0.3, 0.4) is 0 Å². The fourth-order valence-corrected chi connectivity index (χ4v) is 2.93. The van der Waals surface area contributed by atoms with E-state index in [2.05, 4.69) is 23.7 Å². The Balaban J connectivity index is 2.21. The molecule has 0 amide bonds. The van der Waals surface area contributed by atoms with Crippen molar-refractivity contribution in [3.63, 3.8) is 0 Å². The van der Waals surface area contributed by atoms with Gasteiger partial charge in [-0.25, -0.2) is 4.39 Å². The zero-order valence-corrected chi connectivity index (χ0v) is 11.8. The minimum absolute atomic E-state index is 0.197. The molecule has 0 radical (unpaired) electrons. The third kappa shape index (κ3) is 3.35. The first-order chi connectivity index (χ1) is 9.09. The molecule has 0 aliphatic carbocycles. The Bertz CT molecular complexity index is 438. The van der Waals surface area contributed by atoms with Crippen molar-refractivity contribution in [2.45, 2.75) is 32.7 Å². The van der Waals surface area contributed by atoms with E-state index in [4.69, 9.17) is 0 Å². The van der Waals surface area contributed by atoms with Crippen LogP contribution in [0.1, 0.15) is 26.7 Å². The van der Waals surface area contributed by atoms with Crippen molar-refractivity contribution in [2.75, 3.05) is 18.0 Å². The summed E-state index contributed by atoms with van der Waals surface area (Å²) in [4.78, 5) is 2.15. The van der Waals surface area contributed by atoms with Crippen LogP contribution in [-0.2, 0) is 0 Å². The van der Waals surface area contributed by atoms with Gasteiger partial charge in [0.15, 0.2) is 0 Å². The van der Waals surface area contributed by atoms with Gasteiger partial charge in [-0.05, 0) is 63.9 Å². The molecule has 1 aromatic rings. The first-order valence-corrected chi connectivity index (χ1v) is 7.00. The van der Waals surface area contributed by atoms with E-state index in [0.717, 1.165) is 24.5 Å². The first-order valence-electron chi connectivity index (χ1n) is 7.00.